The molecule has 1 heterocycles. The predicted molar refractivity (Wildman–Crippen MR) is 68.4 cm³/mol. The number of imide groups is 1. The maximum absolute atomic E-state index is 11.9. The van der Waals surface area contributed by atoms with Gasteiger partial charge in [0.15, 0.2) is 0 Å². The van der Waals surface area contributed by atoms with E-state index < -0.39 is 6.09 Å². The highest BCUT2D eigenvalue weighted by atomic mass is 16.6. The molecule has 1 atom stereocenters. The predicted octanol–water partition coefficient (Wildman–Crippen LogP) is 1.35. The van der Waals surface area contributed by atoms with Crippen LogP contribution in [0.2, 0.25) is 0 Å². The van der Waals surface area contributed by atoms with Crippen molar-refractivity contribution in [2.24, 2.45) is 0 Å². The fourth-order valence-corrected chi connectivity index (χ4v) is 2.15. The lowest BCUT2D eigenvalue weighted by Gasteiger charge is -2.19. The normalized spacial score (nSPS) is 18.5. The van der Waals surface area contributed by atoms with E-state index in [1.54, 1.807) is 0 Å². The number of aliphatic hydroxyl groups is 1. The quantitative estimate of drug-likeness (QED) is 0.870. The summed E-state index contributed by atoms with van der Waals surface area (Å²) in [6.07, 6.45) is 0.540. The molecule has 1 aliphatic heterocycles. The summed E-state index contributed by atoms with van der Waals surface area (Å²) in [6.45, 7) is 0.177. The fourth-order valence-electron chi connectivity index (χ4n) is 2.15. The molecule has 102 valence electrons. The SMILES string of the molecule is O=C(CCCO)N1C(=O)OC[C@@H]1Cc1ccccc1. The van der Waals surface area contributed by atoms with Gasteiger partial charge in [0.25, 0.3) is 0 Å². The van der Waals surface area contributed by atoms with Crippen molar-refractivity contribution in [1.82, 2.24) is 4.90 Å². The summed E-state index contributed by atoms with van der Waals surface area (Å²) in [5, 5.41) is 8.74. The molecule has 1 fully saturated rings. The summed E-state index contributed by atoms with van der Waals surface area (Å²) in [7, 11) is 0. The molecule has 1 aromatic carbocycles. The average Bonchev–Trinajstić information content (AvgIpc) is 2.78. The summed E-state index contributed by atoms with van der Waals surface area (Å²) in [6, 6.07) is 9.43. The van der Waals surface area contributed by atoms with Gasteiger partial charge in [-0.3, -0.25) is 4.79 Å². The van der Waals surface area contributed by atoms with Gasteiger partial charge in [-0.25, -0.2) is 9.69 Å². The zero-order chi connectivity index (χ0) is 13.7. The first kappa shape index (κ1) is 13.5. The van der Waals surface area contributed by atoms with E-state index in [2.05, 4.69) is 0 Å². The summed E-state index contributed by atoms with van der Waals surface area (Å²) in [4.78, 5) is 24.7. The molecule has 1 aliphatic rings. The lowest BCUT2D eigenvalue weighted by molar-refractivity contribution is -0.129. The molecule has 2 amide bonds. The van der Waals surface area contributed by atoms with E-state index in [1.165, 1.54) is 4.90 Å². The topological polar surface area (TPSA) is 66.8 Å². The number of rotatable bonds is 5. The summed E-state index contributed by atoms with van der Waals surface area (Å²) < 4.78 is 4.96. The first-order valence-electron chi connectivity index (χ1n) is 6.36. The van der Waals surface area contributed by atoms with Gasteiger partial charge in [0.1, 0.15) is 6.61 Å². The largest absolute Gasteiger partial charge is 0.447 e. The Morgan fingerprint density at radius 1 is 1.37 bits per heavy atom. The van der Waals surface area contributed by atoms with Crippen LogP contribution in [0.3, 0.4) is 0 Å². The Kier molecular flexibility index (Phi) is 4.52. The number of benzene rings is 1. The van der Waals surface area contributed by atoms with E-state index in [9.17, 15) is 9.59 Å². The van der Waals surface area contributed by atoms with Crippen molar-refractivity contribution >= 4 is 12.0 Å². The molecule has 0 aliphatic carbocycles. The molecule has 0 bridgehead atoms. The van der Waals surface area contributed by atoms with E-state index in [0.29, 0.717) is 12.8 Å². The Balaban J connectivity index is 2.03. The molecule has 0 spiro atoms. The molecule has 1 N–H and O–H groups in total. The van der Waals surface area contributed by atoms with E-state index in [0.717, 1.165) is 5.56 Å². The van der Waals surface area contributed by atoms with E-state index in [4.69, 9.17) is 9.84 Å². The number of amides is 2. The first-order chi connectivity index (χ1) is 9.22. The number of carbonyl (C=O) groups excluding carboxylic acids is 2. The third-order valence-electron chi connectivity index (χ3n) is 3.09. The van der Waals surface area contributed by atoms with Gasteiger partial charge in [0.05, 0.1) is 6.04 Å². The van der Waals surface area contributed by atoms with Gasteiger partial charge in [-0.2, -0.15) is 0 Å². The Bertz CT molecular complexity index is 446. The van der Waals surface area contributed by atoms with Crippen molar-refractivity contribution < 1.29 is 19.4 Å². The van der Waals surface area contributed by atoms with Gasteiger partial charge in [-0.05, 0) is 18.4 Å². The van der Waals surface area contributed by atoms with Crippen LogP contribution in [0.15, 0.2) is 30.3 Å². The van der Waals surface area contributed by atoms with Crippen LogP contribution in [0.4, 0.5) is 4.79 Å². The number of hydrogen-bond acceptors (Lipinski definition) is 4. The van der Waals surface area contributed by atoms with Crippen LogP contribution >= 0.6 is 0 Å². The molecule has 2 rings (SSSR count). The van der Waals surface area contributed by atoms with Crippen LogP contribution in [0, 0.1) is 0 Å². The van der Waals surface area contributed by atoms with Gasteiger partial charge >= 0.3 is 6.09 Å². The molecule has 1 aromatic rings. The summed E-state index contributed by atoms with van der Waals surface area (Å²) >= 11 is 0. The van der Waals surface area contributed by atoms with Crippen LogP contribution in [0.5, 0.6) is 0 Å². The maximum Gasteiger partial charge on any atom is 0.416 e. The van der Waals surface area contributed by atoms with Crippen LogP contribution < -0.4 is 0 Å². The van der Waals surface area contributed by atoms with Crippen LogP contribution in [0.25, 0.3) is 0 Å². The van der Waals surface area contributed by atoms with Crippen molar-refractivity contribution in [3.05, 3.63) is 35.9 Å². The minimum absolute atomic E-state index is 0.0576. The molecule has 5 nitrogen and oxygen atoms in total. The maximum atomic E-state index is 11.9. The van der Waals surface area contributed by atoms with Crippen molar-refractivity contribution in [2.75, 3.05) is 13.2 Å². The van der Waals surface area contributed by atoms with Crippen LogP contribution in [-0.4, -0.2) is 41.3 Å². The van der Waals surface area contributed by atoms with Gasteiger partial charge in [-0.15, -0.1) is 0 Å². The minimum Gasteiger partial charge on any atom is -0.447 e. The lowest BCUT2D eigenvalue weighted by atomic mass is 10.1. The Hall–Kier alpha value is -1.88. The fraction of sp³-hybridized carbons (Fsp3) is 0.429. The number of carbonyl (C=O) groups is 2. The van der Waals surface area contributed by atoms with E-state index >= 15 is 0 Å². The highest BCUT2D eigenvalue weighted by molar-refractivity contribution is 5.93. The minimum atomic E-state index is -0.580. The first-order valence-corrected chi connectivity index (χ1v) is 6.36. The molecule has 0 unspecified atom stereocenters. The van der Waals surface area contributed by atoms with Crippen molar-refractivity contribution in [2.45, 2.75) is 25.3 Å². The third kappa shape index (κ3) is 3.32. The average molecular weight is 263 g/mol. The number of nitrogens with zero attached hydrogens (tertiary/aromatic N) is 1. The Labute approximate surface area is 111 Å². The zero-order valence-electron chi connectivity index (χ0n) is 10.6. The second-order valence-electron chi connectivity index (χ2n) is 4.51. The number of hydrogen-bond donors (Lipinski definition) is 1. The van der Waals surface area contributed by atoms with Gasteiger partial charge in [0.2, 0.25) is 5.91 Å². The molecule has 19 heavy (non-hydrogen) atoms. The van der Waals surface area contributed by atoms with E-state index in [1.807, 2.05) is 30.3 Å². The second kappa shape index (κ2) is 6.33. The smallest absolute Gasteiger partial charge is 0.416 e. The molecule has 0 saturated carbocycles. The molecular formula is C14H17NO4. The lowest BCUT2D eigenvalue weighted by Crippen LogP contribution is -2.40. The molecular weight excluding hydrogens is 246 g/mol. The second-order valence-corrected chi connectivity index (χ2v) is 4.51. The Morgan fingerprint density at radius 2 is 2.11 bits per heavy atom. The molecule has 5 heteroatoms. The van der Waals surface area contributed by atoms with Crippen molar-refractivity contribution in [1.29, 1.82) is 0 Å². The monoisotopic (exact) mass is 263 g/mol. The molecule has 0 aromatic heterocycles. The van der Waals surface area contributed by atoms with Gasteiger partial charge < -0.3 is 9.84 Å². The molecule has 0 radical (unpaired) electrons. The van der Waals surface area contributed by atoms with Crippen LogP contribution in [-0.2, 0) is 16.0 Å². The summed E-state index contributed by atoms with van der Waals surface area (Å²) in [5.74, 6) is -0.280. The third-order valence-corrected chi connectivity index (χ3v) is 3.09. The number of ether oxygens (including phenoxy) is 1. The highest BCUT2D eigenvalue weighted by Crippen LogP contribution is 2.18. The zero-order valence-corrected chi connectivity index (χ0v) is 10.6. The summed E-state index contributed by atoms with van der Waals surface area (Å²) in [5.41, 5.74) is 1.06. The van der Waals surface area contributed by atoms with E-state index in [-0.39, 0.29) is 31.6 Å². The number of aliphatic hydroxyl groups excluding tert-OH is 1. The highest BCUT2D eigenvalue weighted by Gasteiger charge is 2.37. The number of cyclic esters (lactones) is 1. The van der Waals surface area contributed by atoms with Crippen molar-refractivity contribution in [3.63, 3.8) is 0 Å². The standard InChI is InChI=1S/C14H17NO4/c16-8-4-7-13(17)15-12(10-19-14(15)18)9-11-5-2-1-3-6-11/h1-3,5-6,12,16H,4,7-10H2/t12-/m0/s1. The van der Waals surface area contributed by atoms with Crippen molar-refractivity contribution in [3.8, 4) is 0 Å². The van der Waals surface area contributed by atoms with Crippen LogP contribution in [0.1, 0.15) is 18.4 Å². The molecule has 1 saturated heterocycles. The van der Waals surface area contributed by atoms with Gasteiger partial charge in [-0.1, -0.05) is 30.3 Å². The Morgan fingerprint density at radius 3 is 2.79 bits per heavy atom. The van der Waals surface area contributed by atoms with Gasteiger partial charge in [0, 0.05) is 13.0 Å².